The van der Waals surface area contributed by atoms with Crippen LogP contribution >= 0.6 is 0 Å². The first-order valence-corrected chi connectivity index (χ1v) is 7.87. The maximum absolute atomic E-state index is 5.47. The van der Waals surface area contributed by atoms with Gasteiger partial charge >= 0.3 is 0 Å². The van der Waals surface area contributed by atoms with Crippen molar-refractivity contribution < 1.29 is 4.74 Å². The number of morpholine rings is 1. The summed E-state index contributed by atoms with van der Waals surface area (Å²) in [4.78, 5) is 2.43. The van der Waals surface area contributed by atoms with Crippen LogP contribution in [0.2, 0.25) is 0 Å². The second-order valence-electron chi connectivity index (χ2n) is 6.02. The zero-order valence-electron chi connectivity index (χ0n) is 13.2. The summed E-state index contributed by atoms with van der Waals surface area (Å²) in [6.07, 6.45) is 0. The molecule has 6 nitrogen and oxygen atoms in total. The van der Waals surface area contributed by atoms with E-state index < -0.39 is 0 Å². The van der Waals surface area contributed by atoms with Crippen LogP contribution in [0.5, 0.6) is 0 Å². The quantitative estimate of drug-likeness (QED) is 0.842. The smallest absolute Gasteiger partial charge is 0.169 e. The Morgan fingerprint density at radius 2 is 1.86 bits per heavy atom. The fourth-order valence-corrected chi connectivity index (χ4v) is 3.03. The lowest BCUT2D eigenvalue weighted by atomic mass is 10.0. The molecular formula is C16H23N5O. The van der Waals surface area contributed by atoms with Crippen molar-refractivity contribution in [2.75, 3.05) is 26.3 Å². The van der Waals surface area contributed by atoms with E-state index in [1.54, 1.807) is 0 Å². The first-order valence-electron chi connectivity index (χ1n) is 7.87. The number of tetrazole rings is 1. The summed E-state index contributed by atoms with van der Waals surface area (Å²) in [6.45, 7) is 8.58. The van der Waals surface area contributed by atoms with Gasteiger partial charge in [0.1, 0.15) is 0 Å². The summed E-state index contributed by atoms with van der Waals surface area (Å²) in [5.74, 6) is 1.39. The van der Waals surface area contributed by atoms with Crippen molar-refractivity contribution in [3.05, 3.63) is 41.7 Å². The van der Waals surface area contributed by atoms with Crippen molar-refractivity contribution in [1.29, 1.82) is 0 Å². The zero-order valence-corrected chi connectivity index (χ0v) is 13.2. The molecule has 1 atom stereocenters. The topological polar surface area (TPSA) is 56.1 Å². The van der Waals surface area contributed by atoms with E-state index in [1.165, 1.54) is 5.56 Å². The Morgan fingerprint density at radius 1 is 1.14 bits per heavy atom. The molecule has 2 heterocycles. The van der Waals surface area contributed by atoms with E-state index in [0.29, 0.717) is 12.5 Å². The molecule has 1 saturated heterocycles. The summed E-state index contributed by atoms with van der Waals surface area (Å²) in [5, 5.41) is 12.5. The molecule has 1 aromatic carbocycles. The lowest BCUT2D eigenvalue weighted by Gasteiger charge is -2.35. The largest absolute Gasteiger partial charge is 0.379 e. The molecule has 118 valence electrons. The lowest BCUT2D eigenvalue weighted by Crippen LogP contribution is -2.42. The number of rotatable bonds is 5. The van der Waals surface area contributed by atoms with Gasteiger partial charge in [0, 0.05) is 13.1 Å². The molecule has 2 aromatic rings. The van der Waals surface area contributed by atoms with Gasteiger partial charge in [0.15, 0.2) is 5.82 Å². The van der Waals surface area contributed by atoms with Gasteiger partial charge in [0.25, 0.3) is 0 Å². The van der Waals surface area contributed by atoms with Gasteiger partial charge < -0.3 is 4.74 Å². The van der Waals surface area contributed by atoms with E-state index in [0.717, 1.165) is 32.1 Å². The molecule has 0 unspecified atom stereocenters. The third-order valence-electron chi connectivity index (χ3n) is 4.07. The maximum Gasteiger partial charge on any atom is 0.169 e. The molecule has 0 amide bonds. The Bertz CT molecular complexity index is 577. The second kappa shape index (κ2) is 6.98. The number of hydrogen-bond donors (Lipinski definition) is 0. The molecule has 1 aromatic heterocycles. The Balaban J connectivity index is 1.84. The van der Waals surface area contributed by atoms with Crippen molar-refractivity contribution in [1.82, 2.24) is 25.1 Å². The number of nitrogens with zero attached hydrogens (tertiary/aromatic N) is 5. The number of ether oxygens (including phenoxy) is 1. The molecule has 0 aliphatic carbocycles. The van der Waals surface area contributed by atoms with Gasteiger partial charge in [-0.15, -0.1) is 5.10 Å². The van der Waals surface area contributed by atoms with Crippen molar-refractivity contribution in [2.45, 2.75) is 26.4 Å². The lowest BCUT2D eigenvalue weighted by molar-refractivity contribution is 0.00235. The van der Waals surface area contributed by atoms with Crippen LogP contribution in [0.3, 0.4) is 0 Å². The van der Waals surface area contributed by atoms with E-state index in [1.807, 2.05) is 22.9 Å². The molecule has 0 saturated carbocycles. The van der Waals surface area contributed by atoms with Gasteiger partial charge in [-0.2, -0.15) is 0 Å². The maximum atomic E-state index is 5.47. The highest BCUT2D eigenvalue weighted by Crippen LogP contribution is 2.27. The number of hydrogen-bond acceptors (Lipinski definition) is 5. The number of benzene rings is 1. The molecule has 22 heavy (non-hydrogen) atoms. The van der Waals surface area contributed by atoms with E-state index in [9.17, 15) is 0 Å². The van der Waals surface area contributed by atoms with Crippen LogP contribution in [-0.2, 0) is 11.3 Å². The van der Waals surface area contributed by atoms with Crippen molar-refractivity contribution in [3.8, 4) is 0 Å². The second-order valence-corrected chi connectivity index (χ2v) is 6.02. The third-order valence-corrected chi connectivity index (χ3v) is 4.07. The fraction of sp³-hybridized carbons (Fsp3) is 0.562. The van der Waals surface area contributed by atoms with Crippen molar-refractivity contribution in [3.63, 3.8) is 0 Å². The first kappa shape index (κ1) is 15.1. The average Bonchev–Trinajstić information content (AvgIpc) is 2.97. The first-order chi connectivity index (χ1) is 10.8. The Hall–Kier alpha value is -1.79. The minimum absolute atomic E-state index is 0.225. The Labute approximate surface area is 131 Å². The van der Waals surface area contributed by atoms with E-state index in [2.05, 4.69) is 46.4 Å². The molecule has 1 fully saturated rings. The van der Waals surface area contributed by atoms with Gasteiger partial charge in [0.05, 0.1) is 25.8 Å². The SMILES string of the molecule is CC(C)[C@H](c1nnnn1Cc1ccccc1)N1CCOCC1. The van der Waals surface area contributed by atoms with Gasteiger partial charge in [0.2, 0.25) is 0 Å². The molecule has 0 spiro atoms. The zero-order chi connectivity index (χ0) is 15.4. The highest BCUT2D eigenvalue weighted by Gasteiger charge is 2.30. The van der Waals surface area contributed by atoms with Crippen LogP contribution in [0.1, 0.15) is 31.3 Å². The summed E-state index contributed by atoms with van der Waals surface area (Å²) < 4.78 is 7.40. The van der Waals surface area contributed by atoms with Gasteiger partial charge in [-0.1, -0.05) is 44.2 Å². The predicted octanol–water partition coefficient (Wildman–Crippen LogP) is 1.75. The molecule has 3 rings (SSSR count). The van der Waals surface area contributed by atoms with Crippen LogP contribution in [0.4, 0.5) is 0 Å². The minimum Gasteiger partial charge on any atom is -0.379 e. The third kappa shape index (κ3) is 3.34. The molecule has 1 aliphatic heterocycles. The van der Waals surface area contributed by atoms with E-state index in [-0.39, 0.29) is 6.04 Å². The fourth-order valence-electron chi connectivity index (χ4n) is 3.03. The van der Waals surface area contributed by atoms with Crippen LogP contribution in [0.15, 0.2) is 30.3 Å². The summed E-state index contributed by atoms with van der Waals surface area (Å²) in [5.41, 5.74) is 1.21. The van der Waals surface area contributed by atoms with Crippen LogP contribution in [0, 0.1) is 5.92 Å². The predicted molar refractivity (Wildman–Crippen MR) is 83.3 cm³/mol. The molecule has 0 radical (unpaired) electrons. The van der Waals surface area contributed by atoms with Crippen LogP contribution in [0.25, 0.3) is 0 Å². The summed E-state index contributed by atoms with van der Waals surface area (Å²) in [7, 11) is 0. The average molecular weight is 301 g/mol. The monoisotopic (exact) mass is 301 g/mol. The highest BCUT2D eigenvalue weighted by atomic mass is 16.5. The van der Waals surface area contributed by atoms with Gasteiger partial charge in [-0.05, 0) is 21.9 Å². The highest BCUT2D eigenvalue weighted by molar-refractivity contribution is 5.15. The summed E-state index contributed by atoms with van der Waals surface area (Å²) in [6, 6.07) is 10.5. The Morgan fingerprint density at radius 3 is 2.55 bits per heavy atom. The van der Waals surface area contributed by atoms with Crippen LogP contribution < -0.4 is 0 Å². The van der Waals surface area contributed by atoms with Crippen LogP contribution in [-0.4, -0.2) is 51.4 Å². The van der Waals surface area contributed by atoms with Crippen molar-refractivity contribution >= 4 is 0 Å². The van der Waals surface area contributed by atoms with E-state index >= 15 is 0 Å². The van der Waals surface area contributed by atoms with Gasteiger partial charge in [-0.25, -0.2) is 4.68 Å². The number of aromatic nitrogens is 4. The van der Waals surface area contributed by atoms with Crippen molar-refractivity contribution in [2.24, 2.45) is 5.92 Å². The normalized spacial score (nSPS) is 17.8. The molecular weight excluding hydrogens is 278 g/mol. The standard InChI is InChI=1S/C16H23N5O/c1-13(2)15(20-8-10-22-11-9-20)16-17-18-19-21(16)12-14-6-4-3-5-7-14/h3-7,13,15H,8-12H2,1-2H3/t15-/m1/s1. The minimum atomic E-state index is 0.225. The molecule has 1 aliphatic rings. The Kier molecular flexibility index (Phi) is 4.80. The van der Waals surface area contributed by atoms with E-state index in [4.69, 9.17) is 4.74 Å². The molecule has 6 heteroatoms. The molecule has 0 N–H and O–H groups in total. The molecule has 0 bridgehead atoms. The summed E-state index contributed by atoms with van der Waals surface area (Å²) >= 11 is 0. The van der Waals surface area contributed by atoms with Gasteiger partial charge in [-0.3, -0.25) is 4.90 Å².